The number of benzene rings is 1. The van der Waals surface area contributed by atoms with Crippen LogP contribution >= 0.6 is 0 Å². The van der Waals surface area contributed by atoms with Crippen LogP contribution in [0.25, 0.3) is 0 Å². The Bertz CT molecular complexity index is 417. The van der Waals surface area contributed by atoms with Gasteiger partial charge in [-0.3, -0.25) is 9.59 Å². The fraction of sp³-hybridized carbons (Fsp3) is 0.385. The number of para-hydroxylation sites is 1. The first-order valence-corrected chi connectivity index (χ1v) is 5.86. The van der Waals surface area contributed by atoms with E-state index in [0.29, 0.717) is 6.42 Å². The second-order valence-corrected chi connectivity index (χ2v) is 4.23. The van der Waals surface area contributed by atoms with Crippen LogP contribution in [0.4, 0.5) is 5.69 Å². The Morgan fingerprint density at radius 3 is 2.65 bits per heavy atom. The third-order valence-corrected chi connectivity index (χ3v) is 2.84. The van der Waals surface area contributed by atoms with E-state index in [2.05, 4.69) is 10.6 Å². The summed E-state index contributed by atoms with van der Waals surface area (Å²) in [5.74, 6) is -0.0895. The van der Waals surface area contributed by atoms with E-state index in [9.17, 15) is 9.59 Å². The van der Waals surface area contributed by atoms with Gasteiger partial charge in [0, 0.05) is 18.2 Å². The molecule has 1 saturated carbocycles. The second kappa shape index (κ2) is 4.99. The van der Waals surface area contributed by atoms with Crippen LogP contribution in [0, 0.1) is 5.92 Å². The molecule has 2 rings (SSSR count). The van der Waals surface area contributed by atoms with Crippen molar-refractivity contribution in [3.63, 3.8) is 0 Å². The van der Waals surface area contributed by atoms with Crippen molar-refractivity contribution in [3.05, 3.63) is 30.3 Å². The summed E-state index contributed by atoms with van der Waals surface area (Å²) in [6.07, 6.45) is 1.20. The van der Waals surface area contributed by atoms with Crippen LogP contribution in [0.2, 0.25) is 0 Å². The topological polar surface area (TPSA) is 58.2 Å². The van der Waals surface area contributed by atoms with E-state index < -0.39 is 0 Å². The highest BCUT2D eigenvalue weighted by Crippen LogP contribution is 2.31. The Labute approximate surface area is 100 Å². The first-order chi connectivity index (χ1) is 8.20. The zero-order valence-corrected chi connectivity index (χ0v) is 9.77. The second-order valence-electron chi connectivity index (χ2n) is 4.23. The van der Waals surface area contributed by atoms with Gasteiger partial charge in [0.2, 0.25) is 11.8 Å². The lowest BCUT2D eigenvalue weighted by atomic mass is 10.3. The molecule has 0 aliphatic heterocycles. The molecule has 2 unspecified atom stereocenters. The Morgan fingerprint density at radius 1 is 1.29 bits per heavy atom. The predicted octanol–water partition coefficient (Wildman–Crippen LogP) is 1.54. The molecule has 0 saturated heterocycles. The summed E-state index contributed by atoms with van der Waals surface area (Å²) in [4.78, 5) is 22.9. The molecule has 0 bridgehead atoms. The summed E-state index contributed by atoms with van der Waals surface area (Å²) in [5, 5.41) is 5.66. The molecule has 1 aromatic carbocycles. The number of carbonyl (C=O) groups excluding carboxylic acids is 2. The van der Waals surface area contributed by atoms with Gasteiger partial charge in [0.15, 0.2) is 0 Å². The molecule has 2 N–H and O–H groups in total. The van der Waals surface area contributed by atoms with Crippen molar-refractivity contribution < 1.29 is 9.59 Å². The molecule has 0 spiro atoms. The van der Waals surface area contributed by atoms with Crippen molar-refractivity contribution in [2.24, 2.45) is 5.92 Å². The molecule has 4 heteroatoms. The van der Waals surface area contributed by atoms with Gasteiger partial charge in [-0.2, -0.15) is 0 Å². The fourth-order valence-electron chi connectivity index (χ4n) is 1.71. The number of carbonyl (C=O) groups is 2. The summed E-state index contributed by atoms with van der Waals surface area (Å²) in [6, 6.07) is 9.36. The fourth-order valence-corrected chi connectivity index (χ4v) is 1.71. The van der Waals surface area contributed by atoms with Crippen LogP contribution in [-0.4, -0.2) is 17.9 Å². The average molecular weight is 232 g/mol. The number of anilines is 1. The lowest BCUT2D eigenvalue weighted by molar-refractivity contribution is -0.121. The first kappa shape index (κ1) is 11.6. The van der Waals surface area contributed by atoms with Gasteiger partial charge in [-0.1, -0.05) is 25.1 Å². The van der Waals surface area contributed by atoms with Gasteiger partial charge in [-0.25, -0.2) is 0 Å². The van der Waals surface area contributed by atoms with Crippen LogP contribution in [0.5, 0.6) is 0 Å². The number of hydrogen-bond donors (Lipinski definition) is 2. The van der Waals surface area contributed by atoms with Gasteiger partial charge >= 0.3 is 0 Å². The molecular weight excluding hydrogens is 216 g/mol. The highest BCUT2D eigenvalue weighted by Gasteiger charge is 2.43. The van der Waals surface area contributed by atoms with E-state index in [1.165, 1.54) is 0 Å². The zero-order chi connectivity index (χ0) is 12.3. The van der Waals surface area contributed by atoms with Crippen molar-refractivity contribution in [2.75, 3.05) is 5.32 Å². The highest BCUT2D eigenvalue weighted by atomic mass is 16.2. The lowest BCUT2D eigenvalue weighted by Gasteiger charge is -2.05. The maximum atomic E-state index is 11.8. The monoisotopic (exact) mass is 232 g/mol. The molecule has 1 aliphatic rings. The van der Waals surface area contributed by atoms with Crippen LogP contribution in [-0.2, 0) is 9.59 Å². The molecule has 1 fully saturated rings. The quantitative estimate of drug-likeness (QED) is 0.827. The summed E-state index contributed by atoms with van der Waals surface area (Å²) < 4.78 is 0. The minimum Gasteiger partial charge on any atom is -0.353 e. The maximum absolute atomic E-state index is 11.8. The third-order valence-electron chi connectivity index (χ3n) is 2.84. The summed E-state index contributed by atoms with van der Waals surface area (Å²) in [6.45, 7) is 1.80. The Hall–Kier alpha value is -1.84. The van der Waals surface area contributed by atoms with E-state index in [1.807, 2.05) is 30.3 Å². The molecule has 2 atom stereocenters. The van der Waals surface area contributed by atoms with Crippen LogP contribution in [0.1, 0.15) is 19.8 Å². The number of hydrogen-bond acceptors (Lipinski definition) is 2. The van der Waals surface area contributed by atoms with Gasteiger partial charge < -0.3 is 10.6 Å². The Morgan fingerprint density at radius 2 is 2.00 bits per heavy atom. The summed E-state index contributed by atoms with van der Waals surface area (Å²) in [7, 11) is 0. The molecule has 4 nitrogen and oxygen atoms in total. The number of amides is 2. The summed E-state index contributed by atoms with van der Waals surface area (Å²) in [5.41, 5.74) is 0.796. The third kappa shape index (κ3) is 3.06. The van der Waals surface area contributed by atoms with Gasteiger partial charge in [0.25, 0.3) is 0 Å². The Balaban J connectivity index is 1.81. The van der Waals surface area contributed by atoms with E-state index in [4.69, 9.17) is 0 Å². The van der Waals surface area contributed by atoms with Gasteiger partial charge in [-0.05, 0) is 18.6 Å². The average Bonchev–Trinajstić information content (AvgIpc) is 3.09. The highest BCUT2D eigenvalue weighted by molar-refractivity contribution is 5.95. The molecule has 17 heavy (non-hydrogen) atoms. The molecule has 90 valence electrons. The van der Waals surface area contributed by atoms with Crippen molar-refractivity contribution in [2.45, 2.75) is 25.8 Å². The summed E-state index contributed by atoms with van der Waals surface area (Å²) >= 11 is 0. The minimum atomic E-state index is -0.0780. The van der Waals surface area contributed by atoms with E-state index >= 15 is 0 Å². The number of rotatable bonds is 4. The van der Waals surface area contributed by atoms with Gasteiger partial charge in [0.1, 0.15) is 0 Å². The SMILES string of the molecule is CCC(=O)NC1CC1C(=O)Nc1ccccc1. The molecule has 0 aromatic heterocycles. The molecule has 0 radical (unpaired) electrons. The molecule has 0 heterocycles. The standard InChI is InChI=1S/C13H16N2O2/c1-2-12(16)15-11-8-10(11)13(17)14-9-6-4-3-5-7-9/h3-7,10-11H,2,8H2,1H3,(H,14,17)(H,15,16). The number of nitrogens with one attached hydrogen (secondary N) is 2. The van der Waals surface area contributed by atoms with E-state index in [0.717, 1.165) is 12.1 Å². The smallest absolute Gasteiger partial charge is 0.229 e. The Kier molecular flexibility index (Phi) is 3.42. The van der Waals surface area contributed by atoms with Crippen molar-refractivity contribution in [3.8, 4) is 0 Å². The van der Waals surface area contributed by atoms with Crippen molar-refractivity contribution in [1.29, 1.82) is 0 Å². The normalized spacial score (nSPS) is 21.7. The van der Waals surface area contributed by atoms with Crippen molar-refractivity contribution in [1.82, 2.24) is 5.32 Å². The molecule has 1 aromatic rings. The zero-order valence-electron chi connectivity index (χ0n) is 9.77. The largest absolute Gasteiger partial charge is 0.353 e. The van der Waals surface area contributed by atoms with E-state index in [-0.39, 0.29) is 23.8 Å². The van der Waals surface area contributed by atoms with Gasteiger partial charge in [-0.15, -0.1) is 0 Å². The minimum absolute atomic E-state index is 0.00464. The molecule has 2 amide bonds. The van der Waals surface area contributed by atoms with Crippen LogP contribution in [0.3, 0.4) is 0 Å². The first-order valence-electron chi connectivity index (χ1n) is 5.86. The molecule has 1 aliphatic carbocycles. The lowest BCUT2D eigenvalue weighted by Crippen LogP contribution is -2.28. The van der Waals surface area contributed by atoms with Crippen molar-refractivity contribution >= 4 is 17.5 Å². The molecular formula is C13H16N2O2. The van der Waals surface area contributed by atoms with Crippen LogP contribution < -0.4 is 10.6 Å². The maximum Gasteiger partial charge on any atom is 0.229 e. The predicted molar refractivity (Wildman–Crippen MR) is 65.4 cm³/mol. The van der Waals surface area contributed by atoms with Crippen LogP contribution in [0.15, 0.2) is 30.3 Å². The van der Waals surface area contributed by atoms with Gasteiger partial charge in [0.05, 0.1) is 5.92 Å². The van der Waals surface area contributed by atoms with E-state index in [1.54, 1.807) is 6.92 Å².